The summed E-state index contributed by atoms with van der Waals surface area (Å²) in [7, 11) is 0. The maximum atomic E-state index is 6.90. The lowest BCUT2D eigenvalue weighted by atomic mass is 10.3. The van der Waals surface area contributed by atoms with Gasteiger partial charge in [-0.15, -0.1) is 0 Å². The van der Waals surface area contributed by atoms with Crippen LogP contribution in [-0.4, -0.2) is 11.2 Å². The molecule has 0 fully saturated rings. The van der Waals surface area contributed by atoms with Crippen LogP contribution in [0.3, 0.4) is 0 Å². The third-order valence-electron chi connectivity index (χ3n) is 1.11. The fourth-order valence-corrected chi connectivity index (χ4v) is 0.815. The van der Waals surface area contributed by atoms with Gasteiger partial charge in [-0.3, -0.25) is 0 Å². The van der Waals surface area contributed by atoms with Crippen LogP contribution in [0.1, 0.15) is 19.4 Å². The molecular weight excluding hydrogens is 174 g/mol. The number of anilines is 1. The third kappa shape index (κ3) is 2.51. The zero-order valence-corrected chi connectivity index (χ0v) is 7.89. The standard InChI is InChI=1S/C6H6ClN3.C2H6/c7-5-1-2-10-6(9)4(5)3-8;1-2/h1-3,8H,(H2,9,10);1-2H3. The summed E-state index contributed by atoms with van der Waals surface area (Å²) in [6.45, 7) is 4.00. The van der Waals surface area contributed by atoms with Gasteiger partial charge in [-0.25, -0.2) is 4.98 Å². The minimum atomic E-state index is 0.294. The van der Waals surface area contributed by atoms with Crippen molar-refractivity contribution in [2.75, 3.05) is 5.73 Å². The summed E-state index contributed by atoms with van der Waals surface area (Å²) in [6, 6.07) is 1.60. The van der Waals surface area contributed by atoms with Crippen LogP contribution in [0.4, 0.5) is 5.82 Å². The molecule has 12 heavy (non-hydrogen) atoms. The number of nitrogens with two attached hydrogens (primary N) is 1. The molecule has 0 saturated carbocycles. The highest BCUT2D eigenvalue weighted by Gasteiger charge is 1.99. The second-order valence-electron chi connectivity index (χ2n) is 1.74. The van der Waals surface area contributed by atoms with E-state index in [1.165, 1.54) is 6.20 Å². The second kappa shape index (κ2) is 5.55. The third-order valence-corrected chi connectivity index (χ3v) is 1.44. The van der Waals surface area contributed by atoms with Crippen molar-refractivity contribution >= 4 is 23.6 Å². The molecule has 3 nitrogen and oxygen atoms in total. The molecule has 0 aliphatic heterocycles. The molecule has 0 aliphatic carbocycles. The van der Waals surface area contributed by atoms with E-state index in [0.29, 0.717) is 16.4 Å². The van der Waals surface area contributed by atoms with Crippen molar-refractivity contribution in [2.24, 2.45) is 0 Å². The largest absolute Gasteiger partial charge is 0.383 e. The molecular formula is C8H12ClN3. The summed E-state index contributed by atoms with van der Waals surface area (Å²) in [5, 5.41) is 7.36. The molecule has 0 saturated heterocycles. The quantitative estimate of drug-likeness (QED) is 0.660. The molecule has 1 aromatic rings. The molecule has 1 rings (SSSR count). The highest BCUT2D eigenvalue weighted by molar-refractivity contribution is 6.33. The number of hydrogen-bond donors (Lipinski definition) is 2. The second-order valence-corrected chi connectivity index (χ2v) is 2.14. The summed E-state index contributed by atoms with van der Waals surface area (Å²) < 4.78 is 0. The Labute approximate surface area is 77.1 Å². The van der Waals surface area contributed by atoms with E-state index in [1.54, 1.807) is 6.07 Å². The van der Waals surface area contributed by atoms with Gasteiger partial charge >= 0.3 is 0 Å². The number of hydrogen-bond acceptors (Lipinski definition) is 3. The molecule has 0 spiro atoms. The Kier molecular flexibility index (Phi) is 5.04. The van der Waals surface area contributed by atoms with Gasteiger partial charge in [-0.05, 0) is 6.07 Å². The number of nitrogens with zero attached hydrogens (tertiary/aromatic N) is 1. The molecule has 0 amide bonds. The van der Waals surface area contributed by atoms with Crippen LogP contribution in [0.25, 0.3) is 0 Å². The van der Waals surface area contributed by atoms with Crippen LogP contribution in [0.5, 0.6) is 0 Å². The summed E-state index contributed by atoms with van der Waals surface area (Å²) in [4.78, 5) is 3.75. The number of rotatable bonds is 1. The smallest absolute Gasteiger partial charge is 0.133 e. The molecule has 0 radical (unpaired) electrons. The fourth-order valence-electron chi connectivity index (χ4n) is 0.608. The lowest BCUT2D eigenvalue weighted by Gasteiger charge is -1.98. The molecule has 0 aromatic carbocycles. The molecule has 4 heteroatoms. The first-order valence-corrected chi connectivity index (χ1v) is 4.04. The van der Waals surface area contributed by atoms with E-state index in [2.05, 4.69) is 4.98 Å². The molecule has 0 atom stereocenters. The highest BCUT2D eigenvalue weighted by Crippen LogP contribution is 2.16. The lowest BCUT2D eigenvalue weighted by molar-refractivity contribution is 1.32. The molecule has 66 valence electrons. The van der Waals surface area contributed by atoms with Crippen LogP contribution in [-0.2, 0) is 0 Å². The molecule has 1 heterocycles. The normalized spacial score (nSPS) is 8.25. The first kappa shape index (κ1) is 10.9. The van der Waals surface area contributed by atoms with Gasteiger partial charge in [-0.1, -0.05) is 25.4 Å². The van der Waals surface area contributed by atoms with Gasteiger partial charge in [0.05, 0.1) is 10.6 Å². The Bertz CT molecular complexity index is 240. The maximum Gasteiger partial charge on any atom is 0.133 e. The van der Waals surface area contributed by atoms with Crippen molar-refractivity contribution in [3.8, 4) is 0 Å². The van der Waals surface area contributed by atoms with Gasteiger partial charge < -0.3 is 11.1 Å². The fraction of sp³-hybridized carbons (Fsp3) is 0.250. The van der Waals surface area contributed by atoms with E-state index in [-0.39, 0.29) is 0 Å². The van der Waals surface area contributed by atoms with Crippen LogP contribution in [0.15, 0.2) is 12.3 Å². The molecule has 1 aromatic heterocycles. The minimum Gasteiger partial charge on any atom is -0.383 e. The summed E-state index contributed by atoms with van der Waals surface area (Å²) >= 11 is 5.66. The zero-order valence-electron chi connectivity index (χ0n) is 7.13. The summed E-state index contributed by atoms with van der Waals surface area (Å²) in [5.74, 6) is 0.294. The molecule has 0 unspecified atom stereocenters. The number of nitrogen functional groups attached to an aromatic ring is 1. The number of pyridine rings is 1. The van der Waals surface area contributed by atoms with Gasteiger partial charge in [0.25, 0.3) is 0 Å². The molecule has 0 bridgehead atoms. The van der Waals surface area contributed by atoms with Gasteiger partial charge in [0.1, 0.15) is 5.82 Å². The van der Waals surface area contributed by atoms with E-state index in [9.17, 15) is 0 Å². The monoisotopic (exact) mass is 185 g/mol. The Morgan fingerprint density at radius 2 is 2.17 bits per heavy atom. The highest BCUT2D eigenvalue weighted by atomic mass is 35.5. The number of aromatic nitrogens is 1. The summed E-state index contributed by atoms with van der Waals surface area (Å²) in [5.41, 5.74) is 5.86. The van der Waals surface area contributed by atoms with Crippen LogP contribution < -0.4 is 5.73 Å². The number of nitrogens with one attached hydrogen (secondary N) is 1. The van der Waals surface area contributed by atoms with Crippen molar-refractivity contribution in [1.82, 2.24) is 4.98 Å². The predicted octanol–water partition coefficient (Wildman–Crippen LogP) is 2.34. The van der Waals surface area contributed by atoms with E-state index in [1.807, 2.05) is 13.8 Å². The topological polar surface area (TPSA) is 62.8 Å². The van der Waals surface area contributed by atoms with Crippen molar-refractivity contribution in [3.05, 3.63) is 22.8 Å². The predicted molar refractivity (Wildman–Crippen MR) is 52.9 cm³/mol. The van der Waals surface area contributed by atoms with E-state index < -0.39 is 0 Å². The average Bonchev–Trinajstić information content (AvgIpc) is 2.08. The van der Waals surface area contributed by atoms with Gasteiger partial charge in [0.15, 0.2) is 0 Å². The Balaban J connectivity index is 0.000000561. The SMILES string of the molecule is CC.N=Cc1c(Cl)ccnc1N. The zero-order chi connectivity index (χ0) is 9.56. The molecule has 3 N–H and O–H groups in total. The first-order chi connectivity index (χ1) is 5.75. The van der Waals surface area contributed by atoms with Crippen molar-refractivity contribution in [2.45, 2.75) is 13.8 Å². The van der Waals surface area contributed by atoms with Crippen molar-refractivity contribution in [3.63, 3.8) is 0 Å². The average molecular weight is 186 g/mol. The first-order valence-electron chi connectivity index (χ1n) is 3.66. The van der Waals surface area contributed by atoms with E-state index in [4.69, 9.17) is 22.7 Å². The Morgan fingerprint density at radius 3 is 2.50 bits per heavy atom. The van der Waals surface area contributed by atoms with E-state index in [0.717, 1.165) is 6.21 Å². The van der Waals surface area contributed by atoms with Crippen molar-refractivity contribution < 1.29 is 0 Å². The van der Waals surface area contributed by atoms with Crippen LogP contribution in [0.2, 0.25) is 5.02 Å². The van der Waals surface area contributed by atoms with E-state index >= 15 is 0 Å². The van der Waals surface area contributed by atoms with Gasteiger partial charge in [-0.2, -0.15) is 0 Å². The van der Waals surface area contributed by atoms with Crippen LogP contribution >= 0.6 is 11.6 Å². The van der Waals surface area contributed by atoms with Gasteiger partial charge in [0.2, 0.25) is 0 Å². The molecule has 0 aliphatic rings. The van der Waals surface area contributed by atoms with Crippen LogP contribution in [0, 0.1) is 5.41 Å². The number of halogens is 1. The lowest BCUT2D eigenvalue weighted by Crippen LogP contribution is -1.96. The summed E-state index contributed by atoms with van der Waals surface area (Å²) in [6.07, 6.45) is 2.59. The van der Waals surface area contributed by atoms with Crippen molar-refractivity contribution in [1.29, 1.82) is 5.41 Å². The Hall–Kier alpha value is -1.09. The maximum absolute atomic E-state index is 6.90. The minimum absolute atomic E-state index is 0.294. The van der Waals surface area contributed by atoms with Gasteiger partial charge in [0, 0.05) is 12.4 Å². The Morgan fingerprint density at radius 1 is 1.58 bits per heavy atom.